The summed E-state index contributed by atoms with van der Waals surface area (Å²) in [6.45, 7) is 2.31. The molecule has 0 bridgehead atoms. The Kier molecular flexibility index (Phi) is 4.21. The average molecular weight is 214 g/mol. The number of unbranched alkanes of at least 4 members (excludes halogenated alkanes) is 1. The predicted molar refractivity (Wildman–Crippen MR) is 52.1 cm³/mol. The van der Waals surface area contributed by atoms with Gasteiger partial charge >= 0.3 is 0 Å². The van der Waals surface area contributed by atoms with Gasteiger partial charge in [-0.2, -0.15) is 0 Å². The summed E-state index contributed by atoms with van der Waals surface area (Å²) >= 11 is 0. The maximum atomic E-state index is 13.2. The molecule has 1 aromatic rings. The molecule has 0 saturated heterocycles. The Balaban J connectivity index is 2.80. The first kappa shape index (κ1) is 11.6. The summed E-state index contributed by atoms with van der Waals surface area (Å²) in [6, 6.07) is 1.73. The summed E-state index contributed by atoms with van der Waals surface area (Å²) in [5.74, 6) is -1.63. The topological polar surface area (TPSA) is 26.3 Å². The molecule has 0 saturated carbocycles. The third kappa shape index (κ3) is 3.01. The zero-order valence-electron chi connectivity index (χ0n) is 8.43. The van der Waals surface area contributed by atoms with Crippen molar-refractivity contribution in [1.29, 1.82) is 0 Å². The number of ether oxygens (including phenoxy) is 1. The number of benzene rings is 1. The van der Waals surface area contributed by atoms with E-state index in [4.69, 9.17) is 4.74 Å². The fourth-order valence-electron chi connectivity index (χ4n) is 1.07. The van der Waals surface area contributed by atoms with E-state index in [-0.39, 0.29) is 17.6 Å². The summed E-state index contributed by atoms with van der Waals surface area (Å²) in [5, 5.41) is 0. The van der Waals surface area contributed by atoms with Gasteiger partial charge in [0.15, 0.2) is 17.9 Å². The highest BCUT2D eigenvalue weighted by molar-refractivity contribution is 5.75. The molecule has 0 radical (unpaired) electrons. The summed E-state index contributed by atoms with van der Waals surface area (Å²) in [5.41, 5.74) is -0.296. The van der Waals surface area contributed by atoms with E-state index < -0.39 is 11.6 Å². The van der Waals surface area contributed by atoms with Gasteiger partial charge in [-0.1, -0.05) is 13.3 Å². The minimum Gasteiger partial charge on any atom is -0.490 e. The van der Waals surface area contributed by atoms with Gasteiger partial charge < -0.3 is 4.74 Å². The number of hydrogen-bond donors (Lipinski definition) is 0. The number of aldehydes is 1. The minimum absolute atomic E-state index is 0.147. The highest BCUT2D eigenvalue weighted by Gasteiger charge is 2.10. The van der Waals surface area contributed by atoms with Gasteiger partial charge in [0.05, 0.1) is 12.2 Å². The number of halogens is 2. The van der Waals surface area contributed by atoms with Crippen LogP contribution in [0.4, 0.5) is 8.78 Å². The molecule has 82 valence electrons. The van der Waals surface area contributed by atoms with Crippen LogP contribution >= 0.6 is 0 Å². The molecular weight excluding hydrogens is 202 g/mol. The predicted octanol–water partition coefficient (Wildman–Crippen LogP) is 2.96. The Labute approximate surface area is 86.9 Å². The van der Waals surface area contributed by atoms with Crippen molar-refractivity contribution in [3.05, 3.63) is 29.3 Å². The van der Waals surface area contributed by atoms with Crippen LogP contribution in [0.1, 0.15) is 30.1 Å². The lowest BCUT2D eigenvalue weighted by Gasteiger charge is -2.07. The van der Waals surface area contributed by atoms with Gasteiger partial charge in [-0.05, 0) is 12.5 Å². The monoisotopic (exact) mass is 214 g/mol. The SMILES string of the molecule is CCCCOc1cc(F)c(C=O)cc1F. The number of carbonyl (C=O) groups excluding carboxylic acids is 1. The first-order valence-electron chi connectivity index (χ1n) is 4.76. The molecule has 2 nitrogen and oxygen atoms in total. The lowest BCUT2D eigenvalue weighted by Crippen LogP contribution is -2.00. The van der Waals surface area contributed by atoms with Gasteiger partial charge in [0.1, 0.15) is 5.82 Å². The Bertz CT molecular complexity index is 351. The van der Waals surface area contributed by atoms with E-state index in [0.29, 0.717) is 6.61 Å². The van der Waals surface area contributed by atoms with Gasteiger partial charge in [0.25, 0.3) is 0 Å². The molecule has 15 heavy (non-hydrogen) atoms. The molecule has 0 aromatic heterocycles. The van der Waals surface area contributed by atoms with E-state index in [1.165, 1.54) is 0 Å². The fraction of sp³-hybridized carbons (Fsp3) is 0.364. The first-order chi connectivity index (χ1) is 7.19. The number of carbonyl (C=O) groups is 1. The van der Waals surface area contributed by atoms with Gasteiger partial charge in [0, 0.05) is 6.07 Å². The smallest absolute Gasteiger partial charge is 0.165 e. The summed E-state index contributed by atoms with van der Waals surface area (Å²) in [6.07, 6.45) is 1.96. The van der Waals surface area contributed by atoms with Crippen LogP contribution in [0.15, 0.2) is 12.1 Å². The number of hydrogen-bond acceptors (Lipinski definition) is 2. The maximum absolute atomic E-state index is 13.2. The highest BCUT2D eigenvalue weighted by Crippen LogP contribution is 2.20. The first-order valence-corrected chi connectivity index (χ1v) is 4.76. The second-order valence-electron chi connectivity index (χ2n) is 3.12. The van der Waals surface area contributed by atoms with E-state index in [1.54, 1.807) is 0 Å². The van der Waals surface area contributed by atoms with E-state index in [1.807, 2.05) is 6.92 Å². The van der Waals surface area contributed by atoms with Crippen LogP contribution < -0.4 is 4.74 Å². The third-order valence-electron chi connectivity index (χ3n) is 1.93. The second-order valence-corrected chi connectivity index (χ2v) is 3.12. The standard InChI is InChI=1S/C11H12F2O2/c1-2-3-4-15-11-6-9(12)8(7-14)5-10(11)13/h5-7H,2-4H2,1H3. The molecule has 0 aliphatic carbocycles. The van der Waals surface area contributed by atoms with Crippen LogP contribution in [-0.4, -0.2) is 12.9 Å². The quantitative estimate of drug-likeness (QED) is 0.556. The molecule has 0 spiro atoms. The van der Waals surface area contributed by atoms with Crippen LogP contribution in [0.25, 0.3) is 0 Å². The van der Waals surface area contributed by atoms with Crippen molar-refractivity contribution in [1.82, 2.24) is 0 Å². The van der Waals surface area contributed by atoms with E-state index in [9.17, 15) is 13.6 Å². The zero-order chi connectivity index (χ0) is 11.3. The Morgan fingerprint density at radius 3 is 2.67 bits per heavy atom. The van der Waals surface area contributed by atoms with Crippen molar-refractivity contribution in [3.8, 4) is 5.75 Å². The molecule has 0 heterocycles. The Hall–Kier alpha value is -1.45. The van der Waals surface area contributed by atoms with Crippen LogP contribution in [0.3, 0.4) is 0 Å². The molecular formula is C11H12F2O2. The van der Waals surface area contributed by atoms with Crippen LogP contribution in [0.2, 0.25) is 0 Å². The molecule has 0 aliphatic rings. The van der Waals surface area contributed by atoms with Crippen molar-refractivity contribution in [2.75, 3.05) is 6.61 Å². The van der Waals surface area contributed by atoms with Crippen LogP contribution in [0.5, 0.6) is 5.75 Å². The average Bonchev–Trinajstić information content (AvgIpc) is 2.23. The van der Waals surface area contributed by atoms with Gasteiger partial charge in [-0.25, -0.2) is 8.78 Å². The van der Waals surface area contributed by atoms with Gasteiger partial charge in [0.2, 0.25) is 0 Å². The lowest BCUT2D eigenvalue weighted by atomic mass is 10.2. The second kappa shape index (κ2) is 5.44. The Morgan fingerprint density at radius 1 is 1.33 bits per heavy atom. The van der Waals surface area contributed by atoms with Crippen LogP contribution in [-0.2, 0) is 0 Å². The zero-order valence-corrected chi connectivity index (χ0v) is 8.43. The van der Waals surface area contributed by atoms with Crippen molar-refractivity contribution >= 4 is 6.29 Å². The molecule has 0 fully saturated rings. The molecule has 1 rings (SSSR count). The number of rotatable bonds is 5. The Morgan fingerprint density at radius 2 is 2.07 bits per heavy atom. The molecule has 0 N–H and O–H groups in total. The maximum Gasteiger partial charge on any atom is 0.165 e. The molecule has 0 aliphatic heterocycles. The van der Waals surface area contributed by atoms with Crippen molar-refractivity contribution in [2.45, 2.75) is 19.8 Å². The largest absolute Gasteiger partial charge is 0.490 e. The third-order valence-corrected chi connectivity index (χ3v) is 1.93. The van der Waals surface area contributed by atoms with E-state index in [2.05, 4.69) is 0 Å². The van der Waals surface area contributed by atoms with Crippen molar-refractivity contribution in [2.24, 2.45) is 0 Å². The van der Waals surface area contributed by atoms with Gasteiger partial charge in [-0.15, -0.1) is 0 Å². The molecule has 0 unspecified atom stereocenters. The van der Waals surface area contributed by atoms with Gasteiger partial charge in [-0.3, -0.25) is 4.79 Å². The summed E-state index contributed by atoms with van der Waals surface area (Å²) in [4.78, 5) is 10.3. The molecule has 4 heteroatoms. The summed E-state index contributed by atoms with van der Waals surface area (Å²) < 4.78 is 31.3. The molecule has 0 atom stereocenters. The lowest BCUT2D eigenvalue weighted by molar-refractivity contribution is 0.111. The molecule has 0 amide bonds. The minimum atomic E-state index is -0.766. The van der Waals surface area contributed by atoms with Crippen molar-refractivity contribution < 1.29 is 18.3 Å². The summed E-state index contributed by atoms with van der Waals surface area (Å²) in [7, 11) is 0. The highest BCUT2D eigenvalue weighted by atomic mass is 19.1. The van der Waals surface area contributed by atoms with E-state index >= 15 is 0 Å². The van der Waals surface area contributed by atoms with Crippen molar-refractivity contribution in [3.63, 3.8) is 0 Å². The van der Waals surface area contributed by atoms with E-state index in [0.717, 1.165) is 25.0 Å². The van der Waals surface area contributed by atoms with Crippen LogP contribution in [0, 0.1) is 11.6 Å². The normalized spacial score (nSPS) is 10.1. The molecule has 1 aromatic carbocycles. The fourth-order valence-corrected chi connectivity index (χ4v) is 1.07.